The van der Waals surface area contributed by atoms with Gasteiger partial charge in [-0.3, -0.25) is 4.90 Å². The van der Waals surface area contributed by atoms with Gasteiger partial charge in [0.2, 0.25) is 5.72 Å². The molecule has 0 saturated heterocycles. The van der Waals surface area contributed by atoms with E-state index in [1.807, 2.05) is 30.0 Å². The summed E-state index contributed by atoms with van der Waals surface area (Å²) in [7, 11) is 0. The maximum Gasteiger partial charge on any atom is 0.242 e. The lowest BCUT2D eigenvalue weighted by molar-refractivity contribution is -0.0283. The normalized spacial score (nSPS) is 21.4. The summed E-state index contributed by atoms with van der Waals surface area (Å²) in [5.41, 5.74) is 3.76. The molecule has 0 radical (unpaired) electrons. The molecule has 0 amide bonds. The Hall–Kier alpha value is -3.02. The second-order valence-electron chi connectivity index (χ2n) is 8.19. The molecule has 4 aromatic carbocycles. The van der Waals surface area contributed by atoms with Crippen molar-refractivity contribution in [2.24, 2.45) is 5.16 Å². The van der Waals surface area contributed by atoms with Crippen LogP contribution in [0.25, 0.3) is 0 Å². The highest BCUT2D eigenvalue weighted by molar-refractivity contribution is 9.10. The zero-order valence-electron chi connectivity index (χ0n) is 17.8. The molecule has 5 heteroatoms. The van der Waals surface area contributed by atoms with Crippen LogP contribution < -0.4 is 4.90 Å². The third-order valence-electron chi connectivity index (χ3n) is 6.17. The van der Waals surface area contributed by atoms with Gasteiger partial charge in [0.15, 0.2) is 5.84 Å². The van der Waals surface area contributed by atoms with Crippen LogP contribution >= 0.6 is 27.7 Å². The quantitative estimate of drug-likeness (QED) is 0.280. The van der Waals surface area contributed by atoms with Gasteiger partial charge in [0.1, 0.15) is 0 Å². The van der Waals surface area contributed by atoms with Crippen LogP contribution in [0.3, 0.4) is 0 Å². The first-order valence-corrected chi connectivity index (χ1v) is 12.6. The second-order valence-corrected chi connectivity index (χ2v) is 10.4. The van der Waals surface area contributed by atoms with Gasteiger partial charge >= 0.3 is 0 Å². The largest absolute Gasteiger partial charge is 0.360 e. The van der Waals surface area contributed by atoms with Gasteiger partial charge in [-0.1, -0.05) is 106 Å². The van der Waals surface area contributed by atoms with E-state index in [2.05, 4.69) is 112 Å². The molecule has 0 aliphatic carbocycles. The highest BCUT2D eigenvalue weighted by atomic mass is 79.9. The lowest BCUT2D eigenvalue weighted by Crippen LogP contribution is -2.47. The number of nitrogens with zero attached hydrogens (tertiary/aromatic N) is 2. The van der Waals surface area contributed by atoms with Gasteiger partial charge in [-0.25, -0.2) is 0 Å². The summed E-state index contributed by atoms with van der Waals surface area (Å²) in [5.74, 6) is 0.821. The van der Waals surface area contributed by atoms with Crippen molar-refractivity contribution in [1.82, 2.24) is 0 Å². The van der Waals surface area contributed by atoms with Gasteiger partial charge in [-0.15, -0.1) is 11.8 Å². The molecule has 2 aliphatic rings. The second kappa shape index (κ2) is 8.40. The average molecular weight is 513 g/mol. The van der Waals surface area contributed by atoms with E-state index in [4.69, 9.17) is 9.99 Å². The summed E-state index contributed by atoms with van der Waals surface area (Å²) in [5, 5.41) is 4.92. The molecular weight excluding hydrogens is 492 g/mol. The molecule has 2 heterocycles. The number of hydrogen-bond acceptors (Lipinski definition) is 4. The van der Waals surface area contributed by atoms with E-state index in [0.717, 1.165) is 33.5 Å². The molecule has 0 N–H and O–H groups in total. The number of benzene rings is 4. The van der Waals surface area contributed by atoms with E-state index >= 15 is 0 Å². The molecule has 2 atom stereocenters. The van der Waals surface area contributed by atoms with Gasteiger partial charge in [0.05, 0.1) is 5.69 Å². The summed E-state index contributed by atoms with van der Waals surface area (Å²) in [6.45, 7) is 0. The smallest absolute Gasteiger partial charge is 0.242 e. The molecule has 0 bridgehead atoms. The molecule has 0 unspecified atom stereocenters. The Bertz CT molecular complexity index is 1330. The Morgan fingerprint density at radius 1 is 0.848 bits per heavy atom. The fourth-order valence-electron chi connectivity index (χ4n) is 4.66. The number of halogens is 1. The fourth-order valence-corrected chi connectivity index (χ4v) is 6.40. The number of hydrogen-bond donors (Lipinski definition) is 0. The van der Waals surface area contributed by atoms with E-state index in [9.17, 15) is 0 Å². The Labute approximate surface area is 206 Å². The lowest BCUT2D eigenvalue weighted by Gasteiger charge is -2.37. The van der Waals surface area contributed by atoms with Crippen LogP contribution in [0.15, 0.2) is 124 Å². The minimum absolute atomic E-state index is 0.203. The zero-order valence-corrected chi connectivity index (χ0v) is 20.2. The van der Waals surface area contributed by atoms with Crippen LogP contribution in [0, 0.1) is 0 Å². The molecule has 0 spiro atoms. The maximum atomic E-state index is 6.51. The van der Waals surface area contributed by atoms with E-state index in [1.54, 1.807) is 0 Å². The van der Waals surface area contributed by atoms with Crippen molar-refractivity contribution in [3.8, 4) is 0 Å². The van der Waals surface area contributed by atoms with Crippen molar-refractivity contribution in [3.05, 3.63) is 130 Å². The SMILES string of the molecule is Brc1cccc(C2=NO[C@@]3(c4ccccc4)C[C@H](c4ccccc4)Sc4ccccc4N23)c1. The van der Waals surface area contributed by atoms with Crippen LogP contribution in [0.2, 0.25) is 0 Å². The van der Waals surface area contributed by atoms with Crippen molar-refractivity contribution in [2.45, 2.75) is 22.3 Å². The predicted octanol–water partition coefficient (Wildman–Crippen LogP) is 7.74. The van der Waals surface area contributed by atoms with Crippen LogP contribution in [0.1, 0.15) is 28.4 Å². The monoisotopic (exact) mass is 512 g/mol. The highest BCUT2D eigenvalue weighted by Gasteiger charge is 2.52. The summed E-state index contributed by atoms with van der Waals surface area (Å²) < 4.78 is 1.01. The molecule has 6 rings (SSSR count). The Balaban J connectivity index is 1.58. The Morgan fingerprint density at radius 3 is 2.36 bits per heavy atom. The molecule has 3 nitrogen and oxygen atoms in total. The molecule has 0 aromatic heterocycles. The zero-order chi connectivity index (χ0) is 22.3. The van der Waals surface area contributed by atoms with Crippen molar-refractivity contribution < 1.29 is 4.84 Å². The lowest BCUT2D eigenvalue weighted by atomic mass is 9.92. The molecule has 0 saturated carbocycles. The maximum absolute atomic E-state index is 6.51. The number of rotatable bonds is 3. The molecule has 0 fully saturated rings. The van der Waals surface area contributed by atoms with Crippen molar-refractivity contribution in [1.29, 1.82) is 0 Å². The summed E-state index contributed by atoms with van der Waals surface area (Å²) in [6, 6.07) is 38.0. The van der Waals surface area contributed by atoms with Gasteiger partial charge < -0.3 is 4.84 Å². The minimum Gasteiger partial charge on any atom is -0.360 e. The van der Waals surface area contributed by atoms with E-state index in [1.165, 1.54) is 10.5 Å². The first-order chi connectivity index (χ1) is 16.2. The molecular formula is C28H21BrN2OS. The average Bonchev–Trinajstić information content (AvgIpc) is 3.18. The highest BCUT2D eigenvalue weighted by Crippen LogP contribution is 2.56. The fraction of sp³-hybridized carbons (Fsp3) is 0.107. The van der Waals surface area contributed by atoms with Gasteiger partial charge in [-0.2, -0.15) is 0 Å². The van der Waals surface area contributed by atoms with Gasteiger partial charge in [0.25, 0.3) is 0 Å². The van der Waals surface area contributed by atoms with Crippen molar-refractivity contribution in [3.63, 3.8) is 0 Å². The third-order valence-corrected chi connectivity index (χ3v) is 7.99. The topological polar surface area (TPSA) is 24.8 Å². The van der Waals surface area contributed by atoms with Crippen LogP contribution in [0.4, 0.5) is 5.69 Å². The van der Waals surface area contributed by atoms with Crippen LogP contribution in [-0.2, 0) is 10.6 Å². The van der Waals surface area contributed by atoms with E-state index in [0.29, 0.717) is 0 Å². The number of para-hydroxylation sites is 1. The molecule has 2 aliphatic heterocycles. The standard InChI is InChI=1S/C28H21BrN2OS/c29-23-15-9-12-21(18-23)27-30-32-28(22-13-5-2-6-14-22)19-26(20-10-3-1-4-11-20)33-25-17-8-7-16-24(25)31(27)28/h1-18,26H,19H2/t26-,28-/m1/s1. The first-order valence-electron chi connectivity index (χ1n) is 10.9. The molecule has 162 valence electrons. The first kappa shape index (κ1) is 20.6. The summed E-state index contributed by atoms with van der Waals surface area (Å²) >= 11 is 5.52. The summed E-state index contributed by atoms with van der Waals surface area (Å²) in [6.07, 6.45) is 0.751. The van der Waals surface area contributed by atoms with Crippen molar-refractivity contribution in [2.75, 3.05) is 4.90 Å². The molecule has 4 aromatic rings. The Morgan fingerprint density at radius 2 is 1.58 bits per heavy atom. The van der Waals surface area contributed by atoms with Crippen molar-refractivity contribution >= 4 is 39.2 Å². The predicted molar refractivity (Wildman–Crippen MR) is 138 cm³/mol. The number of thioether (sulfide) groups is 1. The number of anilines is 1. The number of oxime groups is 1. The van der Waals surface area contributed by atoms with Crippen LogP contribution in [0.5, 0.6) is 0 Å². The van der Waals surface area contributed by atoms with Gasteiger partial charge in [-0.05, 0) is 29.8 Å². The number of fused-ring (bicyclic) bond motifs is 3. The Kier molecular flexibility index (Phi) is 5.24. The van der Waals surface area contributed by atoms with Crippen LogP contribution in [-0.4, -0.2) is 5.84 Å². The summed E-state index contributed by atoms with van der Waals surface area (Å²) in [4.78, 5) is 10.0. The van der Waals surface area contributed by atoms with Gasteiger partial charge in [0, 0.05) is 32.2 Å². The molecule has 33 heavy (non-hydrogen) atoms. The number of amidine groups is 1. The van der Waals surface area contributed by atoms with E-state index in [-0.39, 0.29) is 5.25 Å². The van der Waals surface area contributed by atoms with E-state index < -0.39 is 5.72 Å². The third kappa shape index (κ3) is 3.56. The minimum atomic E-state index is -0.751.